The lowest BCUT2D eigenvalue weighted by Gasteiger charge is -2.04. The normalized spacial score (nSPS) is 10.7. The van der Waals surface area contributed by atoms with Gasteiger partial charge in [0.1, 0.15) is 0 Å². The minimum Gasteiger partial charge on any atom is -0.395 e. The standard InChI is InChI=1S/C11H14N2O/c1-13-6-4-9-2-3-10(8-11(9)13)12-5-7-14/h2-4,6,8,12,14H,5,7H2,1H3. The van der Waals surface area contributed by atoms with Crippen LogP contribution in [0.3, 0.4) is 0 Å². The van der Waals surface area contributed by atoms with E-state index in [1.54, 1.807) is 0 Å². The molecule has 0 saturated heterocycles. The molecule has 0 aliphatic heterocycles. The molecule has 0 aliphatic rings. The quantitative estimate of drug-likeness (QED) is 0.771. The van der Waals surface area contributed by atoms with Crippen molar-refractivity contribution in [2.45, 2.75) is 0 Å². The molecule has 0 unspecified atom stereocenters. The number of nitrogens with zero attached hydrogens (tertiary/aromatic N) is 1. The number of hydrogen-bond donors (Lipinski definition) is 2. The van der Waals surface area contributed by atoms with Crippen LogP contribution < -0.4 is 5.32 Å². The van der Waals surface area contributed by atoms with Crippen LogP contribution in [0.4, 0.5) is 5.69 Å². The van der Waals surface area contributed by atoms with Crippen molar-refractivity contribution in [2.24, 2.45) is 7.05 Å². The van der Waals surface area contributed by atoms with Gasteiger partial charge in [0.15, 0.2) is 0 Å². The van der Waals surface area contributed by atoms with Crippen LogP contribution in [0.1, 0.15) is 0 Å². The Balaban J connectivity index is 2.34. The molecule has 0 spiro atoms. The van der Waals surface area contributed by atoms with Crippen molar-refractivity contribution >= 4 is 16.6 Å². The number of hydrogen-bond acceptors (Lipinski definition) is 2. The summed E-state index contributed by atoms with van der Waals surface area (Å²) < 4.78 is 2.08. The highest BCUT2D eigenvalue weighted by Gasteiger charge is 1.98. The van der Waals surface area contributed by atoms with Gasteiger partial charge in [-0.05, 0) is 23.6 Å². The maximum absolute atomic E-state index is 8.69. The molecule has 14 heavy (non-hydrogen) atoms. The topological polar surface area (TPSA) is 37.2 Å². The molecule has 0 amide bonds. The van der Waals surface area contributed by atoms with E-state index in [1.807, 2.05) is 19.3 Å². The fraction of sp³-hybridized carbons (Fsp3) is 0.273. The van der Waals surface area contributed by atoms with E-state index in [1.165, 1.54) is 10.9 Å². The number of aliphatic hydroxyl groups is 1. The summed E-state index contributed by atoms with van der Waals surface area (Å²) >= 11 is 0. The van der Waals surface area contributed by atoms with Gasteiger partial charge >= 0.3 is 0 Å². The molecule has 1 aromatic heterocycles. The van der Waals surface area contributed by atoms with Crippen LogP contribution >= 0.6 is 0 Å². The van der Waals surface area contributed by atoms with Crippen LogP contribution in [-0.4, -0.2) is 22.8 Å². The fourth-order valence-electron chi connectivity index (χ4n) is 1.57. The summed E-state index contributed by atoms with van der Waals surface area (Å²) in [5.41, 5.74) is 2.25. The Morgan fingerprint density at radius 1 is 1.36 bits per heavy atom. The molecule has 0 bridgehead atoms. The van der Waals surface area contributed by atoms with E-state index in [2.05, 4.69) is 28.1 Å². The summed E-state index contributed by atoms with van der Waals surface area (Å²) in [7, 11) is 2.03. The van der Waals surface area contributed by atoms with Gasteiger partial charge in [0.2, 0.25) is 0 Å². The molecular weight excluding hydrogens is 176 g/mol. The second kappa shape index (κ2) is 3.72. The van der Waals surface area contributed by atoms with Gasteiger partial charge in [-0.2, -0.15) is 0 Å². The van der Waals surface area contributed by atoms with Gasteiger partial charge < -0.3 is 15.0 Å². The minimum atomic E-state index is 0.158. The third-order valence-corrected chi connectivity index (χ3v) is 2.33. The first kappa shape index (κ1) is 9.09. The molecule has 0 fully saturated rings. The number of rotatable bonds is 3. The highest BCUT2D eigenvalue weighted by Crippen LogP contribution is 2.19. The predicted molar refractivity (Wildman–Crippen MR) is 58.5 cm³/mol. The molecule has 2 N–H and O–H groups in total. The summed E-state index contributed by atoms with van der Waals surface area (Å²) in [5, 5.41) is 13.1. The zero-order valence-electron chi connectivity index (χ0n) is 8.20. The molecule has 3 heteroatoms. The van der Waals surface area contributed by atoms with Gasteiger partial charge in [-0.15, -0.1) is 0 Å². The molecule has 0 aliphatic carbocycles. The molecule has 0 saturated carbocycles. The maximum Gasteiger partial charge on any atom is 0.0604 e. The second-order valence-electron chi connectivity index (χ2n) is 3.35. The monoisotopic (exact) mass is 190 g/mol. The van der Waals surface area contributed by atoms with E-state index in [4.69, 9.17) is 5.11 Å². The van der Waals surface area contributed by atoms with Gasteiger partial charge in [-0.3, -0.25) is 0 Å². The highest BCUT2D eigenvalue weighted by molar-refractivity contribution is 5.83. The van der Waals surface area contributed by atoms with Crippen LogP contribution in [0, 0.1) is 0 Å². The van der Waals surface area contributed by atoms with Gasteiger partial charge in [0, 0.05) is 31.0 Å². The third-order valence-electron chi connectivity index (χ3n) is 2.33. The summed E-state index contributed by atoms with van der Waals surface area (Å²) in [5.74, 6) is 0. The second-order valence-corrected chi connectivity index (χ2v) is 3.35. The lowest BCUT2D eigenvalue weighted by molar-refractivity contribution is 0.311. The number of anilines is 1. The third kappa shape index (κ3) is 1.59. The Bertz CT molecular complexity index is 434. The van der Waals surface area contributed by atoms with E-state index in [-0.39, 0.29) is 6.61 Å². The average molecular weight is 190 g/mol. The van der Waals surface area contributed by atoms with Crippen molar-refractivity contribution < 1.29 is 5.11 Å². The van der Waals surface area contributed by atoms with Crippen molar-refractivity contribution in [3.8, 4) is 0 Å². The molecule has 74 valence electrons. The van der Waals surface area contributed by atoms with Crippen LogP contribution in [0.15, 0.2) is 30.5 Å². The van der Waals surface area contributed by atoms with Crippen LogP contribution in [0.5, 0.6) is 0 Å². The van der Waals surface area contributed by atoms with Crippen molar-refractivity contribution in [1.82, 2.24) is 4.57 Å². The molecule has 1 aromatic carbocycles. The van der Waals surface area contributed by atoms with E-state index in [9.17, 15) is 0 Å². The summed E-state index contributed by atoms with van der Waals surface area (Å²) in [6.45, 7) is 0.751. The Morgan fingerprint density at radius 2 is 2.21 bits per heavy atom. The number of aryl methyl sites for hydroxylation is 1. The molecule has 0 atom stereocenters. The van der Waals surface area contributed by atoms with Gasteiger partial charge in [0.25, 0.3) is 0 Å². The Kier molecular flexibility index (Phi) is 2.41. The number of benzene rings is 1. The molecule has 2 rings (SSSR count). The van der Waals surface area contributed by atoms with E-state index < -0.39 is 0 Å². The van der Waals surface area contributed by atoms with Crippen LogP contribution in [-0.2, 0) is 7.05 Å². The molecule has 1 heterocycles. The number of nitrogens with one attached hydrogen (secondary N) is 1. The van der Waals surface area contributed by atoms with E-state index >= 15 is 0 Å². The summed E-state index contributed by atoms with van der Waals surface area (Å²) in [6, 6.07) is 8.28. The van der Waals surface area contributed by atoms with Crippen molar-refractivity contribution in [3.05, 3.63) is 30.5 Å². The lowest BCUT2D eigenvalue weighted by Crippen LogP contribution is -2.05. The largest absolute Gasteiger partial charge is 0.395 e. The Labute approximate surface area is 83.0 Å². The Hall–Kier alpha value is -1.48. The predicted octanol–water partition coefficient (Wildman–Crippen LogP) is 1.58. The van der Waals surface area contributed by atoms with Gasteiger partial charge in [-0.1, -0.05) is 6.07 Å². The first-order valence-corrected chi connectivity index (χ1v) is 4.71. The van der Waals surface area contributed by atoms with Crippen molar-refractivity contribution in [1.29, 1.82) is 0 Å². The number of aliphatic hydroxyl groups excluding tert-OH is 1. The summed E-state index contributed by atoms with van der Waals surface area (Å²) in [4.78, 5) is 0. The lowest BCUT2D eigenvalue weighted by atomic mass is 10.2. The first-order chi connectivity index (χ1) is 6.81. The molecule has 0 radical (unpaired) electrons. The molecule has 3 nitrogen and oxygen atoms in total. The Morgan fingerprint density at radius 3 is 3.00 bits per heavy atom. The molecule has 2 aromatic rings. The minimum absolute atomic E-state index is 0.158. The van der Waals surface area contributed by atoms with Crippen LogP contribution in [0.25, 0.3) is 10.9 Å². The van der Waals surface area contributed by atoms with Crippen molar-refractivity contribution in [2.75, 3.05) is 18.5 Å². The zero-order valence-corrected chi connectivity index (χ0v) is 8.20. The maximum atomic E-state index is 8.69. The van der Waals surface area contributed by atoms with Crippen molar-refractivity contribution in [3.63, 3.8) is 0 Å². The average Bonchev–Trinajstić information content (AvgIpc) is 2.57. The fourth-order valence-corrected chi connectivity index (χ4v) is 1.57. The molecular formula is C11H14N2O. The number of aromatic nitrogens is 1. The zero-order chi connectivity index (χ0) is 9.97. The van der Waals surface area contributed by atoms with Gasteiger partial charge in [0.05, 0.1) is 6.61 Å². The van der Waals surface area contributed by atoms with E-state index in [0.717, 1.165) is 5.69 Å². The number of fused-ring (bicyclic) bond motifs is 1. The first-order valence-electron chi connectivity index (χ1n) is 4.71. The van der Waals surface area contributed by atoms with Crippen LogP contribution in [0.2, 0.25) is 0 Å². The smallest absolute Gasteiger partial charge is 0.0604 e. The summed E-state index contributed by atoms with van der Waals surface area (Å²) in [6.07, 6.45) is 2.04. The van der Waals surface area contributed by atoms with E-state index in [0.29, 0.717) is 6.54 Å². The highest BCUT2D eigenvalue weighted by atomic mass is 16.3. The SMILES string of the molecule is Cn1ccc2ccc(NCCO)cc21. The van der Waals surface area contributed by atoms with Gasteiger partial charge in [-0.25, -0.2) is 0 Å².